The standard InChI is InChI=1S/C18H16N4O/c1-22-15-9-5-6-13(10-11-19)18(15)21-16(22)12-17(23)20-14-7-3-2-4-8-14/h2-9H,10,12H2,1H3,(H,20,23). The van der Waals surface area contributed by atoms with Crippen LogP contribution in [0.5, 0.6) is 0 Å². The van der Waals surface area contributed by atoms with Crippen LogP contribution in [0.3, 0.4) is 0 Å². The third-order valence-electron chi connectivity index (χ3n) is 3.73. The molecule has 0 fully saturated rings. The Kier molecular flexibility index (Phi) is 4.07. The molecule has 0 unspecified atom stereocenters. The van der Waals surface area contributed by atoms with Crippen LogP contribution in [0.4, 0.5) is 5.69 Å². The number of imidazole rings is 1. The van der Waals surface area contributed by atoms with E-state index in [9.17, 15) is 4.79 Å². The van der Waals surface area contributed by atoms with Crippen molar-refractivity contribution in [2.75, 3.05) is 5.32 Å². The van der Waals surface area contributed by atoms with Crippen LogP contribution in [-0.2, 0) is 24.7 Å². The lowest BCUT2D eigenvalue weighted by Crippen LogP contribution is -2.16. The number of carbonyl (C=O) groups is 1. The predicted octanol–water partition coefficient (Wildman–Crippen LogP) is 2.82. The Balaban J connectivity index is 1.86. The molecule has 0 spiro atoms. The monoisotopic (exact) mass is 304 g/mol. The van der Waals surface area contributed by atoms with Crippen LogP contribution in [0.1, 0.15) is 11.4 Å². The van der Waals surface area contributed by atoms with Crippen LogP contribution in [0.2, 0.25) is 0 Å². The van der Waals surface area contributed by atoms with Gasteiger partial charge in [0.2, 0.25) is 5.91 Å². The zero-order chi connectivity index (χ0) is 16.2. The molecule has 0 radical (unpaired) electrons. The minimum absolute atomic E-state index is 0.114. The van der Waals surface area contributed by atoms with Gasteiger partial charge < -0.3 is 9.88 Å². The topological polar surface area (TPSA) is 70.7 Å². The Hall–Kier alpha value is -3.13. The van der Waals surface area contributed by atoms with E-state index in [4.69, 9.17) is 5.26 Å². The van der Waals surface area contributed by atoms with Gasteiger partial charge in [0.25, 0.3) is 0 Å². The molecule has 0 atom stereocenters. The van der Waals surface area contributed by atoms with Gasteiger partial charge in [-0.15, -0.1) is 0 Å². The second kappa shape index (κ2) is 6.32. The largest absolute Gasteiger partial charge is 0.331 e. The fourth-order valence-corrected chi connectivity index (χ4v) is 2.58. The van der Waals surface area contributed by atoms with Crippen LogP contribution >= 0.6 is 0 Å². The van der Waals surface area contributed by atoms with E-state index in [1.807, 2.05) is 60.1 Å². The summed E-state index contributed by atoms with van der Waals surface area (Å²) in [6.07, 6.45) is 0.496. The molecule has 114 valence electrons. The van der Waals surface area contributed by atoms with Crippen LogP contribution in [0.15, 0.2) is 48.5 Å². The minimum Gasteiger partial charge on any atom is -0.331 e. The number of nitriles is 1. The molecule has 0 aliphatic carbocycles. The predicted molar refractivity (Wildman–Crippen MR) is 88.8 cm³/mol. The number of hydrogen-bond donors (Lipinski definition) is 1. The molecule has 3 rings (SSSR count). The van der Waals surface area contributed by atoms with Gasteiger partial charge in [0.1, 0.15) is 5.82 Å². The molecule has 1 aromatic heterocycles. The zero-order valence-electron chi connectivity index (χ0n) is 12.8. The molecule has 5 heteroatoms. The fraction of sp³-hybridized carbons (Fsp3) is 0.167. The summed E-state index contributed by atoms with van der Waals surface area (Å²) < 4.78 is 1.90. The quantitative estimate of drug-likeness (QED) is 0.805. The van der Waals surface area contributed by atoms with Crippen LogP contribution in [0, 0.1) is 11.3 Å². The molecule has 0 aliphatic heterocycles. The van der Waals surface area contributed by atoms with E-state index < -0.39 is 0 Å². The van der Waals surface area contributed by atoms with Crippen molar-refractivity contribution in [3.8, 4) is 6.07 Å². The summed E-state index contributed by atoms with van der Waals surface area (Å²) in [5.41, 5.74) is 3.37. The highest BCUT2D eigenvalue weighted by Crippen LogP contribution is 2.20. The molecule has 2 aromatic carbocycles. The summed E-state index contributed by atoms with van der Waals surface area (Å²) in [7, 11) is 1.89. The molecule has 0 bridgehead atoms. The SMILES string of the molecule is Cn1c(CC(=O)Nc2ccccc2)nc2c(CC#N)cccc21. The summed E-state index contributed by atoms with van der Waals surface area (Å²) in [6, 6.07) is 17.2. The number of nitrogens with zero attached hydrogens (tertiary/aromatic N) is 3. The highest BCUT2D eigenvalue weighted by atomic mass is 16.1. The van der Waals surface area contributed by atoms with E-state index in [0.29, 0.717) is 12.2 Å². The normalized spacial score (nSPS) is 10.4. The first kappa shape index (κ1) is 14.8. The van der Waals surface area contributed by atoms with Crippen LogP contribution in [-0.4, -0.2) is 15.5 Å². The number of aromatic nitrogens is 2. The summed E-state index contributed by atoms with van der Waals surface area (Å²) >= 11 is 0. The summed E-state index contributed by atoms with van der Waals surface area (Å²) in [5, 5.41) is 11.8. The molecule has 1 heterocycles. The Labute approximate surface area is 134 Å². The molecule has 5 nitrogen and oxygen atoms in total. The van der Waals surface area contributed by atoms with Crippen molar-refractivity contribution >= 4 is 22.6 Å². The van der Waals surface area contributed by atoms with Crippen LogP contribution in [0.25, 0.3) is 11.0 Å². The molecular weight excluding hydrogens is 288 g/mol. The lowest BCUT2D eigenvalue weighted by Gasteiger charge is -2.05. The maximum absolute atomic E-state index is 12.2. The lowest BCUT2D eigenvalue weighted by molar-refractivity contribution is -0.115. The van der Waals surface area contributed by atoms with Crippen molar-refractivity contribution in [1.29, 1.82) is 5.26 Å². The second-order valence-corrected chi connectivity index (χ2v) is 5.30. The summed E-state index contributed by atoms with van der Waals surface area (Å²) in [4.78, 5) is 16.8. The fourth-order valence-electron chi connectivity index (χ4n) is 2.58. The van der Waals surface area contributed by atoms with Gasteiger partial charge in [-0.05, 0) is 23.8 Å². The Bertz CT molecular complexity index is 891. The van der Waals surface area contributed by atoms with Gasteiger partial charge in [0, 0.05) is 12.7 Å². The van der Waals surface area contributed by atoms with E-state index in [2.05, 4.69) is 16.4 Å². The molecule has 0 aliphatic rings. The van der Waals surface area contributed by atoms with E-state index in [1.54, 1.807) is 0 Å². The minimum atomic E-state index is -0.114. The zero-order valence-corrected chi connectivity index (χ0v) is 12.8. The number of rotatable bonds is 4. The first-order valence-corrected chi connectivity index (χ1v) is 7.34. The molecular formula is C18H16N4O. The smallest absolute Gasteiger partial charge is 0.231 e. The number of hydrogen-bond acceptors (Lipinski definition) is 3. The maximum atomic E-state index is 12.2. The van der Waals surface area contributed by atoms with Crippen molar-refractivity contribution in [1.82, 2.24) is 9.55 Å². The second-order valence-electron chi connectivity index (χ2n) is 5.30. The third kappa shape index (κ3) is 3.06. The van der Waals surface area contributed by atoms with Gasteiger partial charge in [0.05, 0.1) is 29.9 Å². The van der Waals surface area contributed by atoms with Gasteiger partial charge in [-0.1, -0.05) is 30.3 Å². The Morgan fingerprint density at radius 1 is 1.22 bits per heavy atom. The van der Waals surface area contributed by atoms with Crippen molar-refractivity contribution in [2.45, 2.75) is 12.8 Å². The van der Waals surface area contributed by atoms with Crippen molar-refractivity contribution in [3.63, 3.8) is 0 Å². The Morgan fingerprint density at radius 2 is 2.00 bits per heavy atom. The molecule has 0 saturated heterocycles. The number of carbonyl (C=O) groups excluding carboxylic acids is 1. The van der Waals surface area contributed by atoms with Gasteiger partial charge in [0.15, 0.2) is 0 Å². The van der Waals surface area contributed by atoms with Gasteiger partial charge >= 0.3 is 0 Å². The average molecular weight is 304 g/mol. The molecule has 23 heavy (non-hydrogen) atoms. The highest BCUT2D eigenvalue weighted by Gasteiger charge is 2.14. The maximum Gasteiger partial charge on any atom is 0.231 e. The lowest BCUT2D eigenvalue weighted by atomic mass is 10.1. The number of nitrogens with one attached hydrogen (secondary N) is 1. The molecule has 3 aromatic rings. The molecule has 1 amide bonds. The van der Waals surface area contributed by atoms with Crippen molar-refractivity contribution in [2.24, 2.45) is 7.05 Å². The summed E-state index contributed by atoms with van der Waals surface area (Å²) in [5.74, 6) is 0.565. The van der Waals surface area contributed by atoms with Crippen LogP contribution < -0.4 is 5.32 Å². The van der Waals surface area contributed by atoms with Crippen molar-refractivity contribution < 1.29 is 4.79 Å². The van der Waals surface area contributed by atoms with E-state index in [-0.39, 0.29) is 12.3 Å². The van der Waals surface area contributed by atoms with Gasteiger partial charge in [-0.3, -0.25) is 4.79 Å². The number of fused-ring (bicyclic) bond motifs is 1. The van der Waals surface area contributed by atoms with E-state index in [1.165, 1.54) is 0 Å². The highest BCUT2D eigenvalue weighted by molar-refractivity contribution is 5.92. The van der Waals surface area contributed by atoms with Gasteiger partial charge in [-0.25, -0.2) is 4.98 Å². The first-order valence-electron chi connectivity index (χ1n) is 7.34. The third-order valence-corrected chi connectivity index (χ3v) is 3.73. The Morgan fingerprint density at radius 3 is 2.74 bits per heavy atom. The number of para-hydroxylation sites is 2. The van der Waals surface area contributed by atoms with Gasteiger partial charge in [-0.2, -0.15) is 5.26 Å². The first-order chi connectivity index (χ1) is 11.2. The van der Waals surface area contributed by atoms with E-state index >= 15 is 0 Å². The number of amides is 1. The molecule has 0 saturated carbocycles. The number of aryl methyl sites for hydroxylation is 1. The number of anilines is 1. The average Bonchev–Trinajstić information content (AvgIpc) is 2.86. The summed E-state index contributed by atoms with van der Waals surface area (Å²) in [6.45, 7) is 0. The van der Waals surface area contributed by atoms with Crippen molar-refractivity contribution in [3.05, 3.63) is 59.9 Å². The number of benzene rings is 2. The molecule has 1 N–H and O–H groups in total. The van der Waals surface area contributed by atoms with E-state index in [0.717, 1.165) is 22.3 Å².